The molecule has 0 spiro atoms. The van der Waals surface area contributed by atoms with E-state index in [0.717, 1.165) is 19.3 Å². The largest absolute Gasteiger partial charge is 0.398 e. The highest BCUT2D eigenvalue weighted by Crippen LogP contribution is 2.31. The SMILES string of the molecule is Cn1ccnc1Sc1ccc(I)cc1N. The Morgan fingerprint density at radius 3 is 2.87 bits per heavy atom. The van der Waals surface area contributed by atoms with Gasteiger partial charge in [-0.05, 0) is 52.6 Å². The topological polar surface area (TPSA) is 43.8 Å². The van der Waals surface area contributed by atoms with E-state index < -0.39 is 0 Å². The fourth-order valence-corrected chi connectivity index (χ4v) is 2.50. The van der Waals surface area contributed by atoms with Crippen LogP contribution in [-0.4, -0.2) is 9.55 Å². The summed E-state index contributed by atoms with van der Waals surface area (Å²) in [5, 5.41) is 0.947. The molecule has 0 atom stereocenters. The Morgan fingerprint density at radius 1 is 1.47 bits per heavy atom. The van der Waals surface area contributed by atoms with Crippen molar-refractivity contribution >= 4 is 40.0 Å². The molecule has 0 unspecified atom stereocenters. The molecule has 0 fully saturated rings. The number of aryl methyl sites for hydroxylation is 1. The van der Waals surface area contributed by atoms with Gasteiger partial charge in [0, 0.05) is 33.6 Å². The molecule has 0 saturated carbocycles. The first-order chi connectivity index (χ1) is 7.16. The third-order valence-corrected chi connectivity index (χ3v) is 3.79. The molecule has 0 saturated heterocycles. The normalized spacial score (nSPS) is 10.5. The molecule has 1 aromatic heterocycles. The Morgan fingerprint density at radius 2 is 2.27 bits per heavy atom. The molecular formula is C10H10IN3S. The van der Waals surface area contributed by atoms with Crippen LogP contribution < -0.4 is 5.73 Å². The molecule has 2 aromatic rings. The number of hydrogen-bond acceptors (Lipinski definition) is 3. The molecule has 0 bridgehead atoms. The van der Waals surface area contributed by atoms with Crippen LogP contribution in [0.2, 0.25) is 0 Å². The highest BCUT2D eigenvalue weighted by Gasteiger charge is 2.05. The summed E-state index contributed by atoms with van der Waals surface area (Å²) in [6.45, 7) is 0. The van der Waals surface area contributed by atoms with Gasteiger partial charge in [0.1, 0.15) is 0 Å². The summed E-state index contributed by atoms with van der Waals surface area (Å²) in [4.78, 5) is 5.29. The van der Waals surface area contributed by atoms with E-state index in [1.54, 1.807) is 18.0 Å². The first-order valence-electron chi connectivity index (χ1n) is 4.37. The number of rotatable bonds is 2. The fourth-order valence-electron chi connectivity index (χ4n) is 1.16. The van der Waals surface area contributed by atoms with Crippen molar-refractivity contribution in [3.05, 3.63) is 34.2 Å². The molecule has 0 aliphatic carbocycles. The number of nitrogens with zero attached hydrogens (tertiary/aromatic N) is 2. The molecule has 2 rings (SSSR count). The van der Waals surface area contributed by atoms with Crippen molar-refractivity contribution in [3.8, 4) is 0 Å². The molecule has 15 heavy (non-hydrogen) atoms. The zero-order valence-corrected chi connectivity index (χ0v) is 11.1. The van der Waals surface area contributed by atoms with E-state index in [2.05, 4.69) is 27.6 Å². The van der Waals surface area contributed by atoms with Crippen LogP contribution in [0.4, 0.5) is 5.69 Å². The van der Waals surface area contributed by atoms with Crippen molar-refractivity contribution in [2.75, 3.05) is 5.73 Å². The van der Waals surface area contributed by atoms with Crippen molar-refractivity contribution < 1.29 is 0 Å². The van der Waals surface area contributed by atoms with Crippen LogP contribution in [0.25, 0.3) is 0 Å². The minimum Gasteiger partial charge on any atom is -0.398 e. The maximum Gasteiger partial charge on any atom is 0.172 e. The Kier molecular flexibility index (Phi) is 3.20. The number of aromatic nitrogens is 2. The van der Waals surface area contributed by atoms with E-state index in [1.165, 1.54) is 0 Å². The Balaban J connectivity index is 2.29. The molecule has 0 aliphatic heterocycles. The summed E-state index contributed by atoms with van der Waals surface area (Å²) < 4.78 is 3.12. The van der Waals surface area contributed by atoms with Crippen LogP contribution in [0.1, 0.15) is 0 Å². The van der Waals surface area contributed by atoms with Gasteiger partial charge in [0.25, 0.3) is 0 Å². The molecule has 0 aliphatic rings. The van der Waals surface area contributed by atoms with E-state index in [0.29, 0.717) is 0 Å². The van der Waals surface area contributed by atoms with Gasteiger partial charge in [0.05, 0.1) is 0 Å². The number of imidazole rings is 1. The average Bonchev–Trinajstić information content (AvgIpc) is 2.57. The number of nitrogens with two attached hydrogens (primary N) is 1. The van der Waals surface area contributed by atoms with Gasteiger partial charge in [-0.25, -0.2) is 4.98 Å². The standard InChI is InChI=1S/C10H10IN3S/c1-14-5-4-13-10(14)15-9-3-2-7(11)6-8(9)12/h2-6H,12H2,1H3. The number of nitrogen functional groups attached to an aromatic ring is 1. The lowest BCUT2D eigenvalue weighted by atomic mass is 10.3. The maximum absolute atomic E-state index is 5.93. The minimum atomic E-state index is 0.801. The highest BCUT2D eigenvalue weighted by molar-refractivity contribution is 14.1. The molecule has 78 valence electrons. The average molecular weight is 331 g/mol. The van der Waals surface area contributed by atoms with Crippen LogP contribution in [0.15, 0.2) is 40.6 Å². The van der Waals surface area contributed by atoms with Gasteiger partial charge >= 0.3 is 0 Å². The second kappa shape index (κ2) is 4.44. The fraction of sp³-hybridized carbons (Fsp3) is 0.100. The molecule has 1 heterocycles. The monoisotopic (exact) mass is 331 g/mol. The van der Waals surface area contributed by atoms with Gasteiger partial charge in [0.15, 0.2) is 5.16 Å². The van der Waals surface area contributed by atoms with Crippen molar-refractivity contribution in [2.45, 2.75) is 10.1 Å². The van der Waals surface area contributed by atoms with Gasteiger partial charge in [-0.1, -0.05) is 0 Å². The smallest absolute Gasteiger partial charge is 0.172 e. The summed E-state index contributed by atoms with van der Waals surface area (Å²) in [5.74, 6) is 0. The van der Waals surface area contributed by atoms with Gasteiger partial charge in [-0.3, -0.25) is 0 Å². The molecule has 0 amide bonds. The minimum absolute atomic E-state index is 0.801. The number of benzene rings is 1. The highest BCUT2D eigenvalue weighted by atomic mass is 127. The molecule has 3 nitrogen and oxygen atoms in total. The van der Waals surface area contributed by atoms with Crippen molar-refractivity contribution in [1.29, 1.82) is 0 Å². The third-order valence-electron chi connectivity index (χ3n) is 1.95. The van der Waals surface area contributed by atoms with Crippen molar-refractivity contribution in [3.63, 3.8) is 0 Å². The zero-order chi connectivity index (χ0) is 10.8. The molecule has 5 heteroatoms. The molecular weight excluding hydrogens is 321 g/mol. The van der Waals surface area contributed by atoms with Gasteiger partial charge in [-0.2, -0.15) is 0 Å². The van der Waals surface area contributed by atoms with E-state index in [1.807, 2.05) is 36.0 Å². The van der Waals surface area contributed by atoms with Crippen LogP contribution in [-0.2, 0) is 7.05 Å². The lowest BCUT2D eigenvalue weighted by Gasteiger charge is -2.05. The van der Waals surface area contributed by atoms with Gasteiger partial charge in [-0.15, -0.1) is 0 Å². The summed E-state index contributed by atoms with van der Waals surface area (Å²) in [6.07, 6.45) is 3.70. The lowest BCUT2D eigenvalue weighted by Crippen LogP contribution is -1.92. The van der Waals surface area contributed by atoms with Crippen LogP contribution in [0.5, 0.6) is 0 Å². The maximum atomic E-state index is 5.93. The number of anilines is 1. The first-order valence-corrected chi connectivity index (χ1v) is 6.26. The lowest BCUT2D eigenvalue weighted by molar-refractivity contribution is 0.790. The van der Waals surface area contributed by atoms with Crippen LogP contribution >= 0.6 is 34.4 Å². The second-order valence-corrected chi connectivity index (χ2v) is 5.36. The zero-order valence-electron chi connectivity index (χ0n) is 8.14. The summed E-state index contributed by atoms with van der Waals surface area (Å²) in [5.41, 5.74) is 6.73. The Hall–Kier alpha value is -0.690. The van der Waals surface area contributed by atoms with E-state index in [-0.39, 0.29) is 0 Å². The first kappa shape index (κ1) is 10.8. The van der Waals surface area contributed by atoms with E-state index in [4.69, 9.17) is 5.73 Å². The summed E-state index contributed by atoms with van der Waals surface area (Å²) in [7, 11) is 1.97. The van der Waals surface area contributed by atoms with E-state index >= 15 is 0 Å². The van der Waals surface area contributed by atoms with Crippen LogP contribution in [0, 0.1) is 3.57 Å². The predicted molar refractivity (Wildman–Crippen MR) is 70.9 cm³/mol. The number of hydrogen-bond donors (Lipinski definition) is 1. The van der Waals surface area contributed by atoms with Gasteiger partial charge < -0.3 is 10.3 Å². The summed E-state index contributed by atoms with van der Waals surface area (Å²) in [6, 6.07) is 6.03. The molecule has 0 radical (unpaired) electrons. The molecule has 2 N–H and O–H groups in total. The van der Waals surface area contributed by atoms with E-state index in [9.17, 15) is 0 Å². The van der Waals surface area contributed by atoms with Crippen molar-refractivity contribution in [1.82, 2.24) is 9.55 Å². The second-order valence-electron chi connectivity index (χ2n) is 3.10. The van der Waals surface area contributed by atoms with Crippen molar-refractivity contribution in [2.24, 2.45) is 7.05 Å². The number of halogens is 1. The quantitative estimate of drug-likeness (QED) is 0.680. The van der Waals surface area contributed by atoms with Gasteiger partial charge in [0.2, 0.25) is 0 Å². The third kappa shape index (κ3) is 2.46. The summed E-state index contributed by atoms with van der Waals surface area (Å²) >= 11 is 3.83. The Bertz CT molecular complexity index is 481. The predicted octanol–water partition coefficient (Wildman–Crippen LogP) is 2.76. The Labute approximate surface area is 106 Å². The molecule has 1 aromatic carbocycles. The van der Waals surface area contributed by atoms with Crippen LogP contribution in [0.3, 0.4) is 0 Å².